The molecule has 1 fully saturated rings. The van der Waals surface area contributed by atoms with Gasteiger partial charge in [0.05, 0.1) is 16.6 Å². The van der Waals surface area contributed by atoms with Gasteiger partial charge in [0.25, 0.3) is 0 Å². The first-order chi connectivity index (χ1) is 10.5. The molecule has 0 aliphatic heterocycles. The Balaban J connectivity index is 2.40. The van der Waals surface area contributed by atoms with E-state index in [1.165, 1.54) is 6.07 Å². The Kier molecular flexibility index (Phi) is 3.94. The molecule has 116 valence electrons. The highest BCUT2D eigenvalue weighted by Crippen LogP contribution is 2.42. The number of pyridine rings is 1. The molecule has 22 heavy (non-hydrogen) atoms. The van der Waals surface area contributed by atoms with Crippen LogP contribution in [0, 0.1) is 10.5 Å². The number of esters is 1. The van der Waals surface area contributed by atoms with E-state index < -0.39 is 11.8 Å². The molecule has 0 spiro atoms. The summed E-state index contributed by atoms with van der Waals surface area (Å²) in [6, 6.07) is 2.94. The number of carbonyl (C=O) groups is 1. The summed E-state index contributed by atoms with van der Waals surface area (Å²) < 4.78 is 21.1. The fourth-order valence-electron chi connectivity index (χ4n) is 2.47. The van der Waals surface area contributed by atoms with Crippen molar-refractivity contribution in [2.75, 3.05) is 6.61 Å². The Bertz CT molecular complexity index is 845. The van der Waals surface area contributed by atoms with Gasteiger partial charge in [0.2, 0.25) is 0 Å². The number of nitrogens with zero attached hydrogens (tertiary/aromatic N) is 1. The molecule has 0 amide bonds. The fourth-order valence-corrected chi connectivity index (χ4v) is 3.23. The van der Waals surface area contributed by atoms with Crippen LogP contribution in [0.4, 0.5) is 4.39 Å². The Morgan fingerprint density at radius 2 is 2.23 bits per heavy atom. The molecular weight excluding hydrogens is 373 g/mol. The predicted molar refractivity (Wildman–Crippen MR) is 86.3 cm³/mol. The Labute approximate surface area is 139 Å². The molecule has 1 aromatic heterocycles. The molecule has 0 saturated heterocycles. The van der Waals surface area contributed by atoms with E-state index >= 15 is 0 Å². The van der Waals surface area contributed by atoms with Crippen molar-refractivity contribution in [1.82, 2.24) is 4.57 Å². The van der Waals surface area contributed by atoms with Gasteiger partial charge in [-0.2, -0.15) is 0 Å². The minimum Gasteiger partial charge on any atom is -0.506 e. The normalized spacial score (nSPS) is 14.3. The van der Waals surface area contributed by atoms with Crippen LogP contribution < -0.4 is 0 Å². The second kappa shape index (κ2) is 5.62. The van der Waals surface area contributed by atoms with Crippen molar-refractivity contribution in [3.63, 3.8) is 0 Å². The summed E-state index contributed by atoms with van der Waals surface area (Å²) in [7, 11) is 0. The standard InChI is InChI=1S/C15H13BrFNO3S/c1-2-21-15(20)12-13(19)8-5-10(17)9(16)6-11(8)18(14(12)22)7-3-4-7/h5-7,19H,2-4H2,1H3. The maximum atomic E-state index is 13.8. The van der Waals surface area contributed by atoms with Crippen LogP contribution in [-0.4, -0.2) is 22.2 Å². The van der Waals surface area contributed by atoms with E-state index in [4.69, 9.17) is 17.0 Å². The third-order valence-corrected chi connectivity index (χ3v) is 4.62. The molecule has 1 heterocycles. The van der Waals surface area contributed by atoms with E-state index in [1.807, 2.05) is 0 Å². The fraction of sp³-hybridized carbons (Fsp3) is 0.333. The predicted octanol–water partition coefficient (Wildman–Crippen LogP) is 4.49. The molecule has 0 atom stereocenters. The number of aromatic hydroxyl groups is 1. The SMILES string of the molecule is CCOC(=O)c1c(O)c2cc(F)c(Br)cc2n(C2CC2)c1=S. The number of fused-ring (bicyclic) bond motifs is 1. The molecule has 1 aromatic carbocycles. The summed E-state index contributed by atoms with van der Waals surface area (Å²) in [5.41, 5.74) is 0.532. The van der Waals surface area contributed by atoms with Gasteiger partial charge in [-0.1, -0.05) is 12.2 Å². The lowest BCUT2D eigenvalue weighted by Crippen LogP contribution is -2.11. The van der Waals surface area contributed by atoms with Crippen LogP contribution in [0.25, 0.3) is 10.9 Å². The van der Waals surface area contributed by atoms with Gasteiger partial charge >= 0.3 is 5.97 Å². The highest BCUT2D eigenvalue weighted by atomic mass is 79.9. The number of aromatic nitrogens is 1. The lowest BCUT2D eigenvalue weighted by Gasteiger charge is -2.16. The highest BCUT2D eigenvalue weighted by molar-refractivity contribution is 9.10. The van der Waals surface area contributed by atoms with Gasteiger partial charge in [-0.3, -0.25) is 0 Å². The van der Waals surface area contributed by atoms with E-state index in [-0.39, 0.29) is 38.5 Å². The number of benzene rings is 1. The molecule has 2 aromatic rings. The van der Waals surface area contributed by atoms with E-state index in [0.717, 1.165) is 12.8 Å². The molecule has 1 saturated carbocycles. The number of carbonyl (C=O) groups excluding carboxylic acids is 1. The summed E-state index contributed by atoms with van der Waals surface area (Å²) in [5, 5.41) is 10.7. The van der Waals surface area contributed by atoms with Crippen molar-refractivity contribution in [2.24, 2.45) is 0 Å². The Morgan fingerprint density at radius 1 is 1.55 bits per heavy atom. The van der Waals surface area contributed by atoms with Crippen molar-refractivity contribution >= 4 is 45.0 Å². The average molecular weight is 386 g/mol. The van der Waals surface area contributed by atoms with Crippen molar-refractivity contribution in [3.05, 3.63) is 32.6 Å². The third kappa shape index (κ3) is 2.42. The zero-order valence-corrected chi connectivity index (χ0v) is 14.1. The largest absolute Gasteiger partial charge is 0.506 e. The summed E-state index contributed by atoms with van der Waals surface area (Å²) in [5.74, 6) is -1.54. The molecule has 0 radical (unpaired) electrons. The summed E-state index contributed by atoms with van der Waals surface area (Å²) in [4.78, 5) is 12.1. The summed E-state index contributed by atoms with van der Waals surface area (Å²) in [6.07, 6.45) is 1.87. The van der Waals surface area contributed by atoms with Crippen LogP contribution in [0.2, 0.25) is 0 Å². The highest BCUT2D eigenvalue weighted by Gasteiger charge is 2.30. The minimum absolute atomic E-state index is 0.0713. The number of rotatable bonds is 3. The van der Waals surface area contributed by atoms with Crippen LogP contribution in [-0.2, 0) is 4.74 Å². The monoisotopic (exact) mass is 385 g/mol. The van der Waals surface area contributed by atoms with E-state index in [2.05, 4.69) is 15.9 Å². The van der Waals surface area contributed by atoms with Crippen molar-refractivity contribution in [3.8, 4) is 5.75 Å². The first kappa shape index (κ1) is 15.4. The van der Waals surface area contributed by atoms with Crippen LogP contribution in [0.15, 0.2) is 16.6 Å². The van der Waals surface area contributed by atoms with Crippen LogP contribution in [0.1, 0.15) is 36.2 Å². The smallest absolute Gasteiger partial charge is 0.344 e. The summed E-state index contributed by atoms with van der Waals surface area (Å²) in [6.45, 7) is 1.84. The number of hydrogen-bond donors (Lipinski definition) is 1. The van der Waals surface area contributed by atoms with Crippen LogP contribution in [0.5, 0.6) is 5.75 Å². The number of hydrogen-bond acceptors (Lipinski definition) is 4. The Hall–Kier alpha value is -1.47. The quantitative estimate of drug-likeness (QED) is 0.624. The van der Waals surface area contributed by atoms with Gasteiger partial charge in [0, 0.05) is 11.4 Å². The number of ether oxygens (including phenoxy) is 1. The van der Waals surface area contributed by atoms with Crippen molar-refractivity contribution in [1.29, 1.82) is 0 Å². The maximum Gasteiger partial charge on any atom is 0.344 e. The van der Waals surface area contributed by atoms with Gasteiger partial charge in [0.1, 0.15) is 21.8 Å². The maximum absolute atomic E-state index is 13.8. The molecule has 3 rings (SSSR count). The van der Waals surface area contributed by atoms with E-state index in [1.54, 1.807) is 17.6 Å². The van der Waals surface area contributed by atoms with Gasteiger partial charge in [-0.15, -0.1) is 0 Å². The lowest BCUT2D eigenvalue weighted by molar-refractivity contribution is 0.0521. The van der Waals surface area contributed by atoms with Crippen LogP contribution >= 0.6 is 28.1 Å². The van der Waals surface area contributed by atoms with Crippen LogP contribution in [0.3, 0.4) is 0 Å². The molecule has 4 nitrogen and oxygen atoms in total. The third-order valence-electron chi connectivity index (χ3n) is 3.61. The minimum atomic E-state index is -0.690. The number of halogens is 2. The first-order valence-corrected chi connectivity index (χ1v) is 8.09. The van der Waals surface area contributed by atoms with Crippen molar-refractivity contribution < 1.29 is 19.0 Å². The van der Waals surface area contributed by atoms with E-state index in [9.17, 15) is 14.3 Å². The van der Waals surface area contributed by atoms with Gasteiger partial charge in [-0.25, -0.2) is 9.18 Å². The zero-order chi connectivity index (χ0) is 16.0. The molecule has 1 N–H and O–H groups in total. The topological polar surface area (TPSA) is 51.5 Å². The average Bonchev–Trinajstić information content (AvgIpc) is 3.26. The van der Waals surface area contributed by atoms with Gasteiger partial charge in [-0.05, 0) is 47.8 Å². The molecule has 1 aliphatic carbocycles. The molecular formula is C15H13BrFNO3S. The first-order valence-electron chi connectivity index (χ1n) is 6.89. The molecule has 1 aliphatic rings. The van der Waals surface area contributed by atoms with Crippen molar-refractivity contribution in [2.45, 2.75) is 25.8 Å². The second-order valence-electron chi connectivity index (χ2n) is 5.13. The zero-order valence-electron chi connectivity index (χ0n) is 11.7. The molecule has 0 bridgehead atoms. The second-order valence-corrected chi connectivity index (χ2v) is 6.37. The molecule has 0 unspecified atom stereocenters. The van der Waals surface area contributed by atoms with Gasteiger partial charge < -0.3 is 14.4 Å². The molecule has 7 heteroatoms. The Morgan fingerprint density at radius 3 is 2.82 bits per heavy atom. The van der Waals surface area contributed by atoms with E-state index in [0.29, 0.717) is 5.52 Å². The summed E-state index contributed by atoms with van der Waals surface area (Å²) >= 11 is 8.53. The van der Waals surface area contributed by atoms with Gasteiger partial charge in [0.15, 0.2) is 0 Å². The lowest BCUT2D eigenvalue weighted by atomic mass is 10.1.